The summed E-state index contributed by atoms with van der Waals surface area (Å²) >= 11 is 0. The van der Waals surface area contributed by atoms with Gasteiger partial charge >= 0.3 is 12.4 Å². The van der Waals surface area contributed by atoms with E-state index in [1.54, 1.807) is 31.2 Å². The number of hydrogen-bond acceptors (Lipinski definition) is 5. The molecule has 1 unspecified atom stereocenters. The van der Waals surface area contributed by atoms with Crippen LogP contribution in [-0.4, -0.2) is 19.0 Å². The molecule has 0 aliphatic carbocycles. The zero-order valence-corrected chi connectivity index (χ0v) is 13.8. The third-order valence-corrected chi connectivity index (χ3v) is 4.45. The van der Waals surface area contributed by atoms with Gasteiger partial charge in [-0.3, -0.25) is 0 Å². The van der Waals surface area contributed by atoms with Crippen LogP contribution >= 0.6 is 0 Å². The molecule has 0 radical (unpaired) electrons. The van der Waals surface area contributed by atoms with E-state index in [0.717, 1.165) is 5.56 Å². The molecular formula is C18H15F2NO5. The molecule has 0 spiro atoms. The highest BCUT2D eigenvalue weighted by Gasteiger charge is 2.43. The number of carbonyl (C=O) groups is 1. The van der Waals surface area contributed by atoms with Gasteiger partial charge in [0.2, 0.25) is 0 Å². The molecule has 0 aromatic heterocycles. The van der Waals surface area contributed by atoms with Gasteiger partial charge in [0.25, 0.3) is 0 Å². The van der Waals surface area contributed by atoms with Crippen molar-refractivity contribution in [2.45, 2.75) is 25.2 Å². The van der Waals surface area contributed by atoms with E-state index in [1.165, 1.54) is 12.1 Å². The quantitative estimate of drug-likeness (QED) is 0.879. The van der Waals surface area contributed by atoms with Crippen molar-refractivity contribution in [3.8, 4) is 28.4 Å². The number of halogens is 2. The van der Waals surface area contributed by atoms with Crippen LogP contribution in [-0.2, 0) is 10.3 Å². The van der Waals surface area contributed by atoms with E-state index in [0.29, 0.717) is 29.9 Å². The van der Waals surface area contributed by atoms with Crippen molar-refractivity contribution in [3.05, 3.63) is 42.0 Å². The standard InChI is InChI=1S/C18H15F2NO5/c1-17(26-16(21)22)6-7-23-14-8-10(2-4-12(14)17)11-3-5-13-15(9-11)25-18(19,20)24-13/h2-5,8-9H,6-7H2,1H3,(H2,21,22). The van der Waals surface area contributed by atoms with Gasteiger partial charge in [0.1, 0.15) is 11.4 Å². The van der Waals surface area contributed by atoms with Crippen molar-refractivity contribution < 1.29 is 32.5 Å². The molecule has 136 valence electrons. The van der Waals surface area contributed by atoms with Crippen LogP contribution in [0.15, 0.2) is 36.4 Å². The number of benzene rings is 2. The maximum Gasteiger partial charge on any atom is 0.586 e. The lowest BCUT2D eigenvalue weighted by Gasteiger charge is -2.34. The molecule has 1 atom stereocenters. The number of carbonyl (C=O) groups excluding carboxylic acids is 1. The van der Waals surface area contributed by atoms with Crippen LogP contribution in [0.5, 0.6) is 17.2 Å². The topological polar surface area (TPSA) is 80.0 Å². The van der Waals surface area contributed by atoms with Gasteiger partial charge in [-0.2, -0.15) is 0 Å². The maximum absolute atomic E-state index is 13.2. The van der Waals surface area contributed by atoms with E-state index in [9.17, 15) is 13.6 Å². The lowest BCUT2D eigenvalue weighted by Crippen LogP contribution is -2.36. The van der Waals surface area contributed by atoms with Crippen LogP contribution in [0.25, 0.3) is 11.1 Å². The molecule has 0 fully saturated rings. The molecule has 4 rings (SSSR count). The average molecular weight is 363 g/mol. The van der Waals surface area contributed by atoms with Gasteiger partial charge in [-0.05, 0) is 36.2 Å². The van der Waals surface area contributed by atoms with Gasteiger partial charge < -0.3 is 24.7 Å². The Kier molecular flexibility index (Phi) is 3.47. The van der Waals surface area contributed by atoms with Crippen LogP contribution in [0, 0.1) is 0 Å². The first-order chi connectivity index (χ1) is 12.3. The molecular weight excluding hydrogens is 348 g/mol. The number of alkyl halides is 2. The summed E-state index contributed by atoms with van der Waals surface area (Å²) in [5.41, 5.74) is 6.37. The number of ether oxygens (including phenoxy) is 4. The summed E-state index contributed by atoms with van der Waals surface area (Å²) < 4.78 is 46.2. The molecule has 8 heteroatoms. The van der Waals surface area contributed by atoms with Crippen LogP contribution < -0.4 is 19.9 Å². The number of fused-ring (bicyclic) bond motifs is 2. The normalized spacial score (nSPS) is 22.3. The van der Waals surface area contributed by atoms with E-state index in [2.05, 4.69) is 9.47 Å². The Morgan fingerprint density at radius 1 is 1.08 bits per heavy atom. The number of hydrogen-bond donors (Lipinski definition) is 1. The highest BCUT2D eigenvalue weighted by atomic mass is 19.3. The number of rotatable bonds is 2. The van der Waals surface area contributed by atoms with Crippen LogP contribution in [0.1, 0.15) is 18.9 Å². The molecule has 0 bridgehead atoms. The van der Waals surface area contributed by atoms with Crippen molar-refractivity contribution in [1.82, 2.24) is 0 Å². The van der Waals surface area contributed by atoms with Gasteiger partial charge in [-0.25, -0.2) is 4.79 Å². The fourth-order valence-corrected chi connectivity index (χ4v) is 3.21. The molecule has 2 heterocycles. The fourth-order valence-electron chi connectivity index (χ4n) is 3.21. The summed E-state index contributed by atoms with van der Waals surface area (Å²) in [7, 11) is 0. The van der Waals surface area contributed by atoms with Crippen molar-refractivity contribution in [3.63, 3.8) is 0 Å². The van der Waals surface area contributed by atoms with E-state index in [4.69, 9.17) is 15.2 Å². The second-order valence-corrected chi connectivity index (χ2v) is 6.29. The summed E-state index contributed by atoms with van der Waals surface area (Å²) in [5.74, 6) is 0.490. The minimum absolute atomic E-state index is 0.0182. The highest BCUT2D eigenvalue weighted by Crippen LogP contribution is 2.45. The molecule has 2 aromatic carbocycles. The Morgan fingerprint density at radius 2 is 1.73 bits per heavy atom. The van der Waals surface area contributed by atoms with E-state index < -0.39 is 18.0 Å². The van der Waals surface area contributed by atoms with Crippen molar-refractivity contribution in [1.29, 1.82) is 0 Å². The first kappa shape index (κ1) is 16.4. The van der Waals surface area contributed by atoms with Crippen LogP contribution in [0.2, 0.25) is 0 Å². The molecule has 1 amide bonds. The number of nitrogens with two attached hydrogens (primary N) is 1. The van der Waals surface area contributed by atoms with E-state index in [1.807, 2.05) is 0 Å². The second kappa shape index (κ2) is 5.48. The van der Waals surface area contributed by atoms with Crippen molar-refractivity contribution >= 4 is 6.09 Å². The number of primary amides is 1. The third kappa shape index (κ3) is 2.77. The predicted molar refractivity (Wildman–Crippen MR) is 86.2 cm³/mol. The predicted octanol–water partition coefficient (Wildman–Crippen LogP) is 3.77. The molecule has 2 N–H and O–H groups in total. The summed E-state index contributed by atoms with van der Waals surface area (Å²) in [6.07, 6.45) is -4.05. The average Bonchev–Trinajstić information content (AvgIpc) is 2.86. The first-order valence-electron chi connectivity index (χ1n) is 7.92. The first-order valence-corrected chi connectivity index (χ1v) is 7.92. The molecule has 0 saturated carbocycles. The Morgan fingerprint density at radius 3 is 2.46 bits per heavy atom. The largest absolute Gasteiger partial charge is 0.586 e. The van der Waals surface area contributed by atoms with Crippen molar-refractivity contribution in [2.24, 2.45) is 5.73 Å². The van der Waals surface area contributed by atoms with Gasteiger partial charge in [0.05, 0.1) is 6.61 Å². The van der Waals surface area contributed by atoms with E-state index >= 15 is 0 Å². The Hall–Kier alpha value is -3.03. The molecule has 2 aliphatic rings. The molecule has 0 saturated heterocycles. The zero-order chi connectivity index (χ0) is 18.5. The Bertz CT molecular complexity index is 901. The van der Waals surface area contributed by atoms with Crippen LogP contribution in [0.3, 0.4) is 0 Å². The lowest BCUT2D eigenvalue weighted by atomic mass is 9.88. The highest BCUT2D eigenvalue weighted by molar-refractivity contribution is 5.71. The van der Waals surface area contributed by atoms with Gasteiger partial charge in [-0.15, -0.1) is 8.78 Å². The lowest BCUT2D eigenvalue weighted by molar-refractivity contribution is -0.286. The SMILES string of the molecule is CC1(OC(N)=O)CCOc2cc(-c3ccc4c(c3)OC(F)(F)O4)ccc21. The maximum atomic E-state index is 13.2. The smallest absolute Gasteiger partial charge is 0.493 e. The molecule has 2 aromatic rings. The summed E-state index contributed by atoms with van der Waals surface area (Å²) in [6, 6.07) is 9.85. The Labute approximate surface area is 147 Å². The summed E-state index contributed by atoms with van der Waals surface area (Å²) in [4.78, 5) is 11.2. The minimum Gasteiger partial charge on any atom is -0.493 e. The minimum atomic E-state index is -3.66. The third-order valence-electron chi connectivity index (χ3n) is 4.45. The van der Waals surface area contributed by atoms with Crippen molar-refractivity contribution in [2.75, 3.05) is 6.61 Å². The zero-order valence-electron chi connectivity index (χ0n) is 13.8. The van der Waals surface area contributed by atoms with Gasteiger partial charge in [0.15, 0.2) is 11.5 Å². The Balaban J connectivity index is 1.70. The number of amides is 1. The van der Waals surface area contributed by atoms with E-state index in [-0.39, 0.29) is 11.5 Å². The fraction of sp³-hybridized carbons (Fsp3) is 0.278. The summed E-state index contributed by atoms with van der Waals surface area (Å²) in [6.45, 7) is 2.12. The van der Waals surface area contributed by atoms with Gasteiger partial charge in [0, 0.05) is 12.0 Å². The molecule has 26 heavy (non-hydrogen) atoms. The molecule has 6 nitrogen and oxygen atoms in total. The summed E-state index contributed by atoms with van der Waals surface area (Å²) in [5, 5.41) is 0. The van der Waals surface area contributed by atoms with Crippen LogP contribution in [0.4, 0.5) is 13.6 Å². The molecule has 2 aliphatic heterocycles. The second-order valence-electron chi connectivity index (χ2n) is 6.29. The van der Waals surface area contributed by atoms with Gasteiger partial charge in [-0.1, -0.05) is 18.2 Å². The monoisotopic (exact) mass is 363 g/mol.